The SMILES string of the molecule is O=[N+]([O-])c1ccccc1CC[C@H]1C(O)CC(Cl)[C@@H]1CCc1cccc(CCO)c1. The van der Waals surface area contributed by atoms with Crippen molar-refractivity contribution in [2.45, 2.75) is 50.0 Å². The van der Waals surface area contributed by atoms with Crippen LogP contribution in [0.1, 0.15) is 36.0 Å². The quantitative estimate of drug-likeness (QED) is 0.362. The summed E-state index contributed by atoms with van der Waals surface area (Å²) in [6.45, 7) is 0.135. The molecule has 0 bridgehead atoms. The Morgan fingerprint density at radius 1 is 1.00 bits per heavy atom. The van der Waals surface area contributed by atoms with Crippen molar-refractivity contribution in [3.8, 4) is 0 Å². The van der Waals surface area contributed by atoms with Gasteiger partial charge in [-0.2, -0.15) is 0 Å². The second-order valence-corrected chi connectivity index (χ2v) is 8.46. The number of nitrogens with zero attached hydrogens (tertiary/aromatic N) is 1. The van der Waals surface area contributed by atoms with E-state index in [0.29, 0.717) is 31.2 Å². The average Bonchev–Trinajstić information content (AvgIpc) is 2.97. The maximum absolute atomic E-state index is 11.3. The van der Waals surface area contributed by atoms with Gasteiger partial charge >= 0.3 is 0 Å². The van der Waals surface area contributed by atoms with Crippen LogP contribution >= 0.6 is 11.6 Å². The standard InChI is InChI=1S/C23H28ClNO4/c24-21-15-23(27)20(11-9-18-6-1-2-7-22(18)25(28)29)19(21)10-8-16-4-3-5-17(14-16)12-13-26/h1-7,14,19-21,23,26-27H,8-13,15H2/t19-,20-,21?,23?/m1/s1. The Bertz CT molecular complexity index is 828. The number of aryl methyl sites for hydroxylation is 2. The van der Waals surface area contributed by atoms with Crippen molar-refractivity contribution in [3.05, 3.63) is 75.3 Å². The molecule has 3 rings (SSSR count). The molecule has 0 saturated heterocycles. The predicted octanol–water partition coefficient (Wildman–Crippen LogP) is 4.30. The lowest BCUT2D eigenvalue weighted by molar-refractivity contribution is -0.385. The summed E-state index contributed by atoms with van der Waals surface area (Å²) in [5.41, 5.74) is 3.17. The van der Waals surface area contributed by atoms with Gasteiger partial charge in [0.2, 0.25) is 0 Å². The van der Waals surface area contributed by atoms with Crippen molar-refractivity contribution in [2.24, 2.45) is 11.8 Å². The first-order valence-electron chi connectivity index (χ1n) is 10.2. The molecule has 0 aromatic heterocycles. The summed E-state index contributed by atoms with van der Waals surface area (Å²) >= 11 is 6.58. The van der Waals surface area contributed by atoms with Crippen LogP contribution in [-0.2, 0) is 19.3 Å². The fourth-order valence-electron chi connectivity index (χ4n) is 4.56. The number of hydrogen-bond acceptors (Lipinski definition) is 4. The van der Waals surface area contributed by atoms with E-state index >= 15 is 0 Å². The van der Waals surface area contributed by atoms with Gasteiger partial charge in [-0.3, -0.25) is 10.1 Å². The lowest BCUT2D eigenvalue weighted by atomic mass is 9.84. The Hall–Kier alpha value is -1.95. The van der Waals surface area contributed by atoms with Crippen LogP contribution in [0.15, 0.2) is 48.5 Å². The molecule has 2 aromatic rings. The highest BCUT2D eigenvalue weighted by atomic mass is 35.5. The number of nitro benzene ring substituents is 1. The minimum Gasteiger partial charge on any atom is -0.396 e. The average molecular weight is 418 g/mol. The van der Waals surface area contributed by atoms with Crippen molar-refractivity contribution in [1.82, 2.24) is 0 Å². The molecule has 5 nitrogen and oxygen atoms in total. The molecule has 0 spiro atoms. The molecule has 1 saturated carbocycles. The van der Waals surface area contributed by atoms with Crippen molar-refractivity contribution in [3.63, 3.8) is 0 Å². The number of aliphatic hydroxyl groups is 2. The summed E-state index contributed by atoms with van der Waals surface area (Å²) in [4.78, 5) is 10.9. The van der Waals surface area contributed by atoms with Gasteiger partial charge in [-0.25, -0.2) is 0 Å². The van der Waals surface area contributed by atoms with Gasteiger partial charge in [0.05, 0.1) is 11.0 Å². The second kappa shape index (κ2) is 10.2. The Labute approximate surface area is 176 Å². The molecule has 6 heteroatoms. The molecule has 1 fully saturated rings. The molecule has 1 aliphatic carbocycles. The number of aliphatic hydroxyl groups excluding tert-OH is 2. The molecule has 2 aromatic carbocycles. The highest BCUT2D eigenvalue weighted by Gasteiger charge is 2.40. The van der Waals surface area contributed by atoms with Gasteiger partial charge in [0, 0.05) is 23.6 Å². The van der Waals surface area contributed by atoms with Crippen LogP contribution in [0.25, 0.3) is 0 Å². The topological polar surface area (TPSA) is 83.6 Å². The summed E-state index contributed by atoms with van der Waals surface area (Å²) in [6.07, 6.45) is 3.73. The first-order chi connectivity index (χ1) is 14.0. The Kier molecular flexibility index (Phi) is 7.64. The third kappa shape index (κ3) is 5.56. The van der Waals surface area contributed by atoms with E-state index in [2.05, 4.69) is 12.1 Å². The fraction of sp³-hybridized carbons (Fsp3) is 0.478. The first-order valence-corrected chi connectivity index (χ1v) is 10.7. The van der Waals surface area contributed by atoms with E-state index in [4.69, 9.17) is 16.7 Å². The molecule has 2 unspecified atom stereocenters. The maximum Gasteiger partial charge on any atom is 0.272 e. The maximum atomic E-state index is 11.3. The summed E-state index contributed by atoms with van der Waals surface area (Å²) in [5.74, 6) is 0.217. The van der Waals surface area contributed by atoms with Crippen LogP contribution in [0.3, 0.4) is 0 Å². The van der Waals surface area contributed by atoms with Gasteiger partial charge in [0.1, 0.15) is 0 Å². The zero-order valence-corrected chi connectivity index (χ0v) is 17.2. The fourth-order valence-corrected chi connectivity index (χ4v) is 5.06. The summed E-state index contributed by atoms with van der Waals surface area (Å²) < 4.78 is 0. The van der Waals surface area contributed by atoms with Gasteiger partial charge in [-0.05, 0) is 61.5 Å². The third-order valence-electron chi connectivity index (χ3n) is 6.07. The number of nitro groups is 1. The van der Waals surface area contributed by atoms with Crippen LogP contribution in [0.5, 0.6) is 0 Å². The molecule has 1 aliphatic rings. The summed E-state index contributed by atoms with van der Waals surface area (Å²) in [6, 6.07) is 15.0. The number of alkyl halides is 1. The van der Waals surface area contributed by atoms with E-state index in [1.54, 1.807) is 12.1 Å². The monoisotopic (exact) mass is 417 g/mol. The van der Waals surface area contributed by atoms with E-state index in [0.717, 1.165) is 18.4 Å². The van der Waals surface area contributed by atoms with Gasteiger partial charge in [0.15, 0.2) is 0 Å². The minimum atomic E-state index is -0.467. The van der Waals surface area contributed by atoms with E-state index in [-0.39, 0.29) is 34.4 Å². The Morgan fingerprint density at radius 3 is 2.41 bits per heavy atom. The predicted molar refractivity (Wildman–Crippen MR) is 114 cm³/mol. The van der Waals surface area contributed by atoms with Crippen molar-refractivity contribution in [2.75, 3.05) is 6.61 Å². The van der Waals surface area contributed by atoms with E-state index in [9.17, 15) is 15.2 Å². The Balaban J connectivity index is 1.65. The minimum absolute atomic E-state index is 0.0398. The summed E-state index contributed by atoms with van der Waals surface area (Å²) in [5, 5.41) is 30.9. The number of para-hydroxylation sites is 1. The molecule has 29 heavy (non-hydrogen) atoms. The van der Waals surface area contributed by atoms with Gasteiger partial charge in [-0.15, -0.1) is 11.6 Å². The van der Waals surface area contributed by atoms with Crippen LogP contribution in [0, 0.1) is 22.0 Å². The van der Waals surface area contributed by atoms with E-state index in [1.165, 1.54) is 11.6 Å². The van der Waals surface area contributed by atoms with E-state index in [1.807, 2.05) is 18.2 Å². The molecule has 0 radical (unpaired) electrons. The molecular weight excluding hydrogens is 390 g/mol. The molecule has 156 valence electrons. The number of rotatable bonds is 9. The van der Waals surface area contributed by atoms with Gasteiger partial charge in [-0.1, -0.05) is 42.5 Å². The van der Waals surface area contributed by atoms with Crippen molar-refractivity contribution >= 4 is 17.3 Å². The highest BCUT2D eigenvalue weighted by Crippen LogP contribution is 2.41. The number of benzene rings is 2. The van der Waals surface area contributed by atoms with Gasteiger partial charge in [0.25, 0.3) is 5.69 Å². The molecule has 2 N–H and O–H groups in total. The first kappa shape index (κ1) is 21.8. The van der Waals surface area contributed by atoms with Gasteiger partial charge < -0.3 is 10.2 Å². The van der Waals surface area contributed by atoms with E-state index < -0.39 is 6.10 Å². The molecule has 0 amide bonds. The normalized spacial score (nSPS) is 24.0. The zero-order valence-electron chi connectivity index (χ0n) is 16.4. The number of hydrogen-bond donors (Lipinski definition) is 2. The van der Waals surface area contributed by atoms with Crippen molar-refractivity contribution in [1.29, 1.82) is 0 Å². The van der Waals surface area contributed by atoms with Crippen molar-refractivity contribution < 1.29 is 15.1 Å². The lowest BCUT2D eigenvalue weighted by Gasteiger charge is -2.23. The highest BCUT2D eigenvalue weighted by molar-refractivity contribution is 6.21. The molecular formula is C23H28ClNO4. The summed E-state index contributed by atoms with van der Waals surface area (Å²) in [7, 11) is 0. The van der Waals surface area contributed by atoms with Crippen LogP contribution in [0.4, 0.5) is 5.69 Å². The van der Waals surface area contributed by atoms with Crippen LogP contribution in [-0.4, -0.2) is 33.2 Å². The smallest absolute Gasteiger partial charge is 0.272 e. The molecule has 0 aliphatic heterocycles. The number of halogens is 1. The van der Waals surface area contributed by atoms with Crippen LogP contribution < -0.4 is 0 Å². The zero-order chi connectivity index (χ0) is 20.8. The third-order valence-corrected chi connectivity index (χ3v) is 6.57. The Morgan fingerprint density at radius 2 is 1.69 bits per heavy atom. The molecule has 4 atom stereocenters. The van der Waals surface area contributed by atoms with Crippen LogP contribution in [0.2, 0.25) is 0 Å². The second-order valence-electron chi connectivity index (χ2n) is 7.90. The molecule has 0 heterocycles. The lowest BCUT2D eigenvalue weighted by Crippen LogP contribution is -2.22. The largest absolute Gasteiger partial charge is 0.396 e.